The van der Waals surface area contributed by atoms with Gasteiger partial charge in [0, 0.05) is 11.6 Å². The standard InChI is InChI=1S/C18H19NO5/c1-3-6-15-17(10-9-14(12(2)20)18(15)21)24-11-13-7-4-5-8-16(13)19(22)23/h4-5,7-10,21H,3,6,11H2,1-2H3. The molecule has 1 N–H and O–H groups in total. The number of nitro benzene ring substituents is 1. The number of carbonyl (C=O) groups excluding carboxylic acids is 1. The molecule has 6 nitrogen and oxygen atoms in total. The average molecular weight is 329 g/mol. The van der Waals surface area contributed by atoms with Crippen LogP contribution in [0.1, 0.15) is 41.8 Å². The van der Waals surface area contributed by atoms with Crippen LogP contribution in [0.15, 0.2) is 36.4 Å². The van der Waals surface area contributed by atoms with Gasteiger partial charge in [-0.2, -0.15) is 0 Å². The molecule has 2 aromatic rings. The molecule has 126 valence electrons. The van der Waals surface area contributed by atoms with Gasteiger partial charge in [-0.25, -0.2) is 0 Å². The summed E-state index contributed by atoms with van der Waals surface area (Å²) in [5.74, 6) is 0.122. The minimum atomic E-state index is -0.456. The fourth-order valence-electron chi connectivity index (χ4n) is 2.50. The van der Waals surface area contributed by atoms with Gasteiger partial charge in [-0.05, 0) is 31.5 Å². The Morgan fingerprint density at radius 2 is 1.96 bits per heavy atom. The third kappa shape index (κ3) is 3.71. The zero-order valence-corrected chi connectivity index (χ0v) is 13.6. The first-order chi connectivity index (χ1) is 11.5. The molecule has 0 atom stereocenters. The third-order valence-corrected chi connectivity index (χ3v) is 3.69. The van der Waals surface area contributed by atoms with E-state index in [2.05, 4.69) is 0 Å². The van der Waals surface area contributed by atoms with Crippen LogP contribution in [0, 0.1) is 10.1 Å². The van der Waals surface area contributed by atoms with Gasteiger partial charge in [0.05, 0.1) is 16.1 Å². The van der Waals surface area contributed by atoms with Gasteiger partial charge in [0.25, 0.3) is 5.69 Å². The number of ether oxygens (including phenoxy) is 1. The largest absolute Gasteiger partial charge is 0.507 e. The maximum atomic E-state index is 11.6. The van der Waals surface area contributed by atoms with E-state index in [1.54, 1.807) is 24.3 Å². The lowest BCUT2D eigenvalue weighted by atomic mass is 10.0. The minimum absolute atomic E-state index is 0.00667. The smallest absolute Gasteiger partial charge is 0.276 e. The van der Waals surface area contributed by atoms with Gasteiger partial charge in [-0.1, -0.05) is 25.5 Å². The van der Waals surface area contributed by atoms with Gasteiger partial charge in [0.1, 0.15) is 18.1 Å². The number of hydrogen-bond donors (Lipinski definition) is 1. The molecule has 0 fully saturated rings. The molecule has 0 amide bonds. The Morgan fingerprint density at radius 3 is 2.58 bits per heavy atom. The molecule has 0 aliphatic heterocycles. The Labute approximate surface area is 139 Å². The van der Waals surface area contributed by atoms with Crippen LogP contribution < -0.4 is 4.74 Å². The summed E-state index contributed by atoms with van der Waals surface area (Å²) < 4.78 is 5.71. The number of hydrogen-bond acceptors (Lipinski definition) is 5. The molecule has 0 aromatic heterocycles. The number of phenols is 1. The van der Waals surface area contributed by atoms with Crippen molar-refractivity contribution in [2.75, 3.05) is 0 Å². The van der Waals surface area contributed by atoms with E-state index in [1.165, 1.54) is 19.1 Å². The number of Topliss-reactive ketones (excluding diaryl/α,β-unsaturated/α-hetero) is 1. The Bertz CT molecular complexity index is 770. The van der Waals surface area contributed by atoms with Crippen LogP contribution in [0.2, 0.25) is 0 Å². The molecule has 0 aliphatic rings. The summed E-state index contributed by atoms with van der Waals surface area (Å²) in [5, 5.41) is 21.4. The van der Waals surface area contributed by atoms with Crippen molar-refractivity contribution >= 4 is 11.5 Å². The van der Waals surface area contributed by atoms with Crippen molar-refractivity contribution in [3.05, 3.63) is 63.2 Å². The van der Waals surface area contributed by atoms with Crippen LogP contribution in [0.5, 0.6) is 11.5 Å². The first-order valence-electron chi connectivity index (χ1n) is 7.66. The molecule has 0 saturated heterocycles. The van der Waals surface area contributed by atoms with E-state index in [9.17, 15) is 20.0 Å². The summed E-state index contributed by atoms with van der Waals surface area (Å²) in [6.07, 6.45) is 1.30. The lowest BCUT2D eigenvalue weighted by molar-refractivity contribution is -0.385. The molecular weight excluding hydrogens is 310 g/mol. The normalized spacial score (nSPS) is 10.4. The second-order valence-electron chi connectivity index (χ2n) is 5.42. The van der Waals surface area contributed by atoms with Crippen LogP contribution in [0.4, 0.5) is 5.69 Å². The highest BCUT2D eigenvalue weighted by atomic mass is 16.6. The number of phenolic OH excluding ortho intramolecular Hbond substituents is 1. The SMILES string of the molecule is CCCc1c(OCc2ccccc2[N+](=O)[O-])ccc(C(C)=O)c1O. The van der Waals surface area contributed by atoms with E-state index in [4.69, 9.17) is 4.74 Å². The predicted octanol–water partition coefficient (Wildman–Crippen LogP) is 4.03. The number of rotatable bonds is 7. The number of aromatic hydroxyl groups is 1. The molecule has 24 heavy (non-hydrogen) atoms. The Kier molecular flexibility index (Phi) is 5.52. The number of nitrogens with zero attached hydrogens (tertiary/aromatic N) is 1. The van der Waals surface area contributed by atoms with Gasteiger partial charge in [0.2, 0.25) is 0 Å². The minimum Gasteiger partial charge on any atom is -0.507 e. The lowest BCUT2D eigenvalue weighted by Gasteiger charge is -2.14. The lowest BCUT2D eigenvalue weighted by Crippen LogP contribution is -2.04. The van der Waals surface area contributed by atoms with Gasteiger partial charge in [-0.3, -0.25) is 14.9 Å². The number of ketones is 1. The summed E-state index contributed by atoms with van der Waals surface area (Å²) in [6, 6.07) is 9.47. The quantitative estimate of drug-likeness (QED) is 0.470. The van der Waals surface area contributed by atoms with Gasteiger partial charge >= 0.3 is 0 Å². The predicted molar refractivity (Wildman–Crippen MR) is 89.5 cm³/mol. The van der Waals surface area contributed by atoms with Crippen molar-refractivity contribution in [3.63, 3.8) is 0 Å². The van der Waals surface area contributed by atoms with Crippen molar-refractivity contribution < 1.29 is 19.6 Å². The maximum absolute atomic E-state index is 11.6. The second-order valence-corrected chi connectivity index (χ2v) is 5.42. The van der Waals surface area contributed by atoms with E-state index in [0.29, 0.717) is 23.3 Å². The zero-order valence-electron chi connectivity index (χ0n) is 13.6. The molecule has 6 heteroatoms. The van der Waals surface area contributed by atoms with Crippen molar-refractivity contribution in [1.29, 1.82) is 0 Å². The van der Waals surface area contributed by atoms with Crippen LogP contribution in [-0.2, 0) is 13.0 Å². The van der Waals surface area contributed by atoms with E-state index in [0.717, 1.165) is 6.42 Å². The van der Waals surface area contributed by atoms with E-state index >= 15 is 0 Å². The topological polar surface area (TPSA) is 89.7 Å². The molecule has 0 aliphatic carbocycles. The summed E-state index contributed by atoms with van der Waals surface area (Å²) in [5.41, 5.74) is 1.22. The summed E-state index contributed by atoms with van der Waals surface area (Å²) >= 11 is 0. The van der Waals surface area contributed by atoms with Crippen molar-refractivity contribution in [1.82, 2.24) is 0 Å². The summed E-state index contributed by atoms with van der Waals surface area (Å²) in [6.45, 7) is 3.34. The molecule has 2 aromatic carbocycles. The van der Waals surface area contributed by atoms with E-state index in [-0.39, 0.29) is 29.4 Å². The highest BCUT2D eigenvalue weighted by Gasteiger charge is 2.17. The molecule has 2 rings (SSSR count). The number of para-hydroxylation sites is 1. The van der Waals surface area contributed by atoms with E-state index in [1.807, 2.05) is 6.92 Å². The van der Waals surface area contributed by atoms with Gasteiger partial charge in [-0.15, -0.1) is 0 Å². The highest BCUT2D eigenvalue weighted by Crippen LogP contribution is 2.33. The summed E-state index contributed by atoms with van der Waals surface area (Å²) in [4.78, 5) is 22.1. The molecule has 0 bridgehead atoms. The van der Waals surface area contributed by atoms with Crippen molar-refractivity contribution in [2.45, 2.75) is 33.3 Å². The van der Waals surface area contributed by atoms with Crippen molar-refractivity contribution in [3.8, 4) is 11.5 Å². The van der Waals surface area contributed by atoms with Crippen LogP contribution in [0.25, 0.3) is 0 Å². The maximum Gasteiger partial charge on any atom is 0.276 e. The van der Waals surface area contributed by atoms with Gasteiger partial charge in [0.15, 0.2) is 5.78 Å². The second kappa shape index (κ2) is 7.59. The Morgan fingerprint density at radius 1 is 1.25 bits per heavy atom. The first-order valence-corrected chi connectivity index (χ1v) is 7.66. The molecule has 0 radical (unpaired) electrons. The molecule has 0 saturated carbocycles. The number of carbonyl (C=O) groups is 1. The number of nitro groups is 1. The van der Waals surface area contributed by atoms with E-state index < -0.39 is 4.92 Å². The average Bonchev–Trinajstić information content (AvgIpc) is 2.55. The van der Waals surface area contributed by atoms with Crippen molar-refractivity contribution in [2.24, 2.45) is 0 Å². The van der Waals surface area contributed by atoms with Gasteiger partial charge < -0.3 is 9.84 Å². The Hall–Kier alpha value is -2.89. The Balaban J connectivity index is 2.32. The third-order valence-electron chi connectivity index (χ3n) is 3.69. The van der Waals surface area contributed by atoms with Crippen LogP contribution in [0.3, 0.4) is 0 Å². The molecule has 0 unspecified atom stereocenters. The molecule has 0 spiro atoms. The summed E-state index contributed by atoms with van der Waals surface area (Å²) in [7, 11) is 0. The monoisotopic (exact) mass is 329 g/mol. The molecular formula is C18H19NO5. The van der Waals surface area contributed by atoms with Crippen LogP contribution in [-0.4, -0.2) is 15.8 Å². The fourth-order valence-corrected chi connectivity index (χ4v) is 2.50. The fraction of sp³-hybridized carbons (Fsp3) is 0.278. The molecule has 0 heterocycles. The zero-order chi connectivity index (χ0) is 17.7. The van der Waals surface area contributed by atoms with Crippen LogP contribution >= 0.6 is 0 Å². The number of benzene rings is 2. The first kappa shape index (κ1) is 17.5. The highest BCUT2D eigenvalue weighted by molar-refractivity contribution is 5.97.